The third-order valence-corrected chi connectivity index (χ3v) is 3.83. The Morgan fingerprint density at radius 3 is 2.59 bits per heavy atom. The summed E-state index contributed by atoms with van der Waals surface area (Å²) in [7, 11) is 0. The molecule has 0 bridgehead atoms. The molecular formula is C17H19F2N7O. The number of nitrogens with zero attached hydrogens (tertiary/aromatic N) is 4. The Morgan fingerprint density at radius 2 is 1.96 bits per heavy atom. The minimum absolute atomic E-state index is 0.00175. The van der Waals surface area contributed by atoms with Crippen LogP contribution in [0.4, 0.5) is 26.4 Å². The molecule has 8 nitrogen and oxygen atoms in total. The highest BCUT2D eigenvalue weighted by molar-refractivity contribution is 5.83. The average Bonchev–Trinajstić information content (AvgIpc) is 2.93. The minimum atomic E-state index is -0.817. The molecule has 4 N–H and O–H groups in total. The number of nitrogens with one attached hydrogen (secondary N) is 2. The molecule has 2 aromatic heterocycles. The Hall–Kier alpha value is -3.30. The van der Waals surface area contributed by atoms with Crippen LogP contribution in [0.25, 0.3) is 11.2 Å². The fourth-order valence-electron chi connectivity index (χ4n) is 2.51. The highest BCUT2D eigenvalue weighted by atomic mass is 19.1. The lowest BCUT2D eigenvalue weighted by molar-refractivity contribution is -0.120. The predicted octanol–water partition coefficient (Wildman–Crippen LogP) is 2.71. The standard InChI is InChI=1S/C17H19F2N7O/c1-8(2)22-16-21-7-13-15(25-16)26(9(3)14(20)27)17(24-13)23-12-5-4-10(18)6-11(12)19/h4-9H,1-3H3,(H2,20,27)(H,23,24)(H,21,22,25). The SMILES string of the molecule is CC(C)Nc1ncc2nc(Nc3ccc(F)cc3F)n(C(C)C(N)=O)c2n1. The van der Waals surface area contributed by atoms with Gasteiger partial charge in [0.1, 0.15) is 23.2 Å². The number of hydrogen-bond acceptors (Lipinski definition) is 6. The van der Waals surface area contributed by atoms with E-state index in [2.05, 4.69) is 25.6 Å². The first-order chi connectivity index (χ1) is 12.8. The molecule has 0 aliphatic carbocycles. The second kappa shape index (κ2) is 7.14. The molecular weight excluding hydrogens is 356 g/mol. The summed E-state index contributed by atoms with van der Waals surface area (Å²) in [4.78, 5) is 24.7. The van der Waals surface area contributed by atoms with Gasteiger partial charge in [0.25, 0.3) is 0 Å². The van der Waals surface area contributed by atoms with Crippen molar-refractivity contribution in [2.45, 2.75) is 32.9 Å². The molecule has 0 saturated carbocycles. The van der Waals surface area contributed by atoms with Crippen LogP contribution in [0.15, 0.2) is 24.4 Å². The number of benzene rings is 1. The molecule has 0 radical (unpaired) electrons. The fourth-order valence-corrected chi connectivity index (χ4v) is 2.51. The number of aromatic nitrogens is 4. The number of anilines is 3. The van der Waals surface area contributed by atoms with Crippen LogP contribution in [0.3, 0.4) is 0 Å². The summed E-state index contributed by atoms with van der Waals surface area (Å²) in [5.41, 5.74) is 6.19. The quantitative estimate of drug-likeness (QED) is 0.611. The molecule has 1 atom stereocenters. The van der Waals surface area contributed by atoms with Crippen molar-refractivity contribution in [2.24, 2.45) is 5.73 Å². The number of nitrogens with two attached hydrogens (primary N) is 1. The first-order valence-corrected chi connectivity index (χ1v) is 8.29. The highest BCUT2D eigenvalue weighted by Crippen LogP contribution is 2.27. The van der Waals surface area contributed by atoms with Crippen molar-refractivity contribution >= 4 is 34.7 Å². The summed E-state index contributed by atoms with van der Waals surface area (Å²) in [6, 6.07) is 2.37. The van der Waals surface area contributed by atoms with Gasteiger partial charge in [-0.15, -0.1) is 0 Å². The maximum Gasteiger partial charge on any atom is 0.240 e. The Morgan fingerprint density at radius 1 is 1.22 bits per heavy atom. The molecule has 3 rings (SSSR count). The van der Waals surface area contributed by atoms with Gasteiger partial charge in [0.15, 0.2) is 5.65 Å². The van der Waals surface area contributed by atoms with E-state index in [1.807, 2.05) is 13.8 Å². The zero-order chi connectivity index (χ0) is 19.7. The van der Waals surface area contributed by atoms with Gasteiger partial charge in [-0.05, 0) is 32.9 Å². The van der Waals surface area contributed by atoms with E-state index in [9.17, 15) is 13.6 Å². The largest absolute Gasteiger partial charge is 0.368 e. The molecule has 1 aromatic carbocycles. The first-order valence-electron chi connectivity index (χ1n) is 8.29. The smallest absolute Gasteiger partial charge is 0.240 e. The van der Waals surface area contributed by atoms with Crippen molar-refractivity contribution in [1.29, 1.82) is 0 Å². The van der Waals surface area contributed by atoms with E-state index < -0.39 is 23.6 Å². The number of carbonyl (C=O) groups is 1. The van der Waals surface area contributed by atoms with E-state index in [1.54, 1.807) is 6.92 Å². The van der Waals surface area contributed by atoms with Crippen LogP contribution < -0.4 is 16.4 Å². The predicted molar refractivity (Wildman–Crippen MR) is 97.6 cm³/mol. The normalized spacial score (nSPS) is 12.4. The molecule has 142 valence electrons. The number of rotatable bonds is 6. The van der Waals surface area contributed by atoms with Gasteiger partial charge >= 0.3 is 0 Å². The van der Waals surface area contributed by atoms with E-state index in [0.29, 0.717) is 17.1 Å². The molecule has 0 fully saturated rings. The molecule has 0 saturated heterocycles. The lowest BCUT2D eigenvalue weighted by Gasteiger charge is -2.15. The van der Waals surface area contributed by atoms with Gasteiger partial charge in [-0.1, -0.05) is 0 Å². The van der Waals surface area contributed by atoms with Crippen molar-refractivity contribution < 1.29 is 13.6 Å². The third kappa shape index (κ3) is 3.78. The molecule has 10 heteroatoms. The molecule has 2 heterocycles. The fraction of sp³-hybridized carbons (Fsp3) is 0.294. The van der Waals surface area contributed by atoms with Crippen LogP contribution in [0.2, 0.25) is 0 Å². The lowest BCUT2D eigenvalue weighted by atomic mass is 10.3. The number of imidazole rings is 1. The van der Waals surface area contributed by atoms with Crippen molar-refractivity contribution in [3.05, 3.63) is 36.0 Å². The van der Waals surface area contributed by atoms with E-state index >= 15 is 0 Å². The zero-order valence-corrected chi connectivity index (χ0v) is 15.0. The Kier molecular flexibility index (Phi) is 4.89. The van der Waals surface area contributed by atoms with Crippen LogP contribution in [0, 0.1) is 11.6 Å². The number of fused-ring (bicyclic) bond motifs is 1. The molecule has 27 heavy (non-hydrogen) atoms. The van der Waals surface area contributed by atoms with E-state index in [0.717, 1.165) is 12.1 Å². The summed E-state index contributed by atoms with van der Waals surface area (Å²) >= 11 is 0. The van der Waals surface area contributed by atoms with Gasteiger partial charge in [0.2, 0.25) is 17.8 Å². The third-order valence-electron chi connectivity index (χ3n) is 3.83. The van der Waals surface area contributed by atoms with Crippen molar-refractivity contribution in [3.63, 3.8) is 0 Å². The number of hydrogen-bond donors (Lipinski definition) is 3. The Balaban J connectivity index is 2.12. The van der Waals surface area contributed by atoms with E-state index in [1.165, 1.54) is 16.8 Å². The maximum atomic E-state index is 14.0. The van der Waals surface area contributed by atoms with Gasteiger partial charge in [-0.3, -0.25) is 9.36 Å². The zero-order valence-electron chi connectivity index (χ0n) is 15.0. The van der Waals surface area contributed by atoms with Crippen molar-refractivity contribution in [3.8, 4) is 0 Å². The van der Waals surface area contributed by atoms with Crippen LogP contribution in [0.1, 0.15) is 26.8 Å². The molecule has 0 spiro atoms. The number of carbonyl (C=O) groups excluding carboxylic acids is 1. The first kappa shape index (κ1) is 18.5. The average molecular weight is 375 g/mol. The summed E-state index contributed by atoms with van der Waals surface area (Å²) in [5, 5.41) is 5.83. The van der Waals surface area contributed by atoms with Crippen LogP contribution in [-0.4, -0.2) is 31.5 Å². The molecule has 1 unspecified atom stereocenters. The van der Waals surface area contributed by atoms with Gasteiger partial charge in [-0.25, -0.2) is 18.7 Å². The number of primary amides is 1. The van der Waals surface area contributed by atoms with Gasteiger partial charge in [0, 0.05) is 12.1 Å². The van der Waals surface area contributed by atoms with Crippen molar-refractivity contribution in [1.82, 2.24) is 19.5 Å². The van der Waals surface area contributed by atoms with Crippen LogP contribution >= 0.6 is 0 Å². The summed E-state index contributed by atoms with van der Waals surface area (Å²) < 4.78 is 28.6. The molecule has 1 amide bonds. The number of halogens is 2. The van der Waals surface area contributed by atoms with Gasteiger partial charge < -0.3 is 16.4 Å². The lowest BCUT2D eigenvalue weighted by Crippen LogP contribution is -2.25. The van der Waals surface area contributed by atoms with E-state index in [-0.39, 0.29) is 17.7 Å². The monoisotopic (exact) mass is 375 g/mol. The minimum Gasteiger partial charge on any atom is -0.368 e. The Labute approximate surface area is 153 Å². The topological polar surface area (TPSA) is 111 Å². The van der Waals surface area contributed by atoms with Crippen LogP contribution in [-0.2, 0) is 4.79 Å². The van der Waals surface area contributed by atoms with Crippen molar-refractivity contribution in [2.75, 3.05) is 10.6 Å². The molecule has 3 aromatic rings. The van der Waals surface area contributed by atoms with E-state index in [4.69, 9.17) is 5.73 Å². The molecule has 0 aliphatic heterocycles. The summed E-state index contributed by atoms with van der Waals surface area (Å²) in [6.45, 7) is 5.44. The summed E-state index contributed by atoms with van der Waals surface area (Å²) in [5.74, 6) is -1.62. The second-order valence-corrected chi connectivity index (χ2v) is 6.33. The van der Waals surface area contributed by atoms with Gasteiger partial charge in [0.05, 0.1) is 11.9 Å². The maximum absolute atomic E-state index is 14.0. The van der Waals surface area contributed by atoms with Gasteiger partial charge in [-0.2, -0.15) is 4.98 Å². The highest BCUT2D eigenvalue weighted by Gasteiger charge is 2.22. The summed E-state index contributed by atoms with van der Waals surface area (Å²) in [6.07, 6.45) is 1.49. The number of amides is 1. The second-order valence-electron chi connectivity index (χ2n) is 6.33. The molecule has 0 aliphatic rings. The Bertz CT molecular complexity index is 1000. The van der Waals surface area contributed by atoms with Crippen LogP contribution in [0.5, 0.6) is 0 Å².